The number of para-hydroxylation sites is 1. The van der Waals surface area contributed by atoms with Gasteiger partial charge in [-0.3, -0.25) is 14.5 Å². The zero-order valence-corrected chi connectivity index (χ0v) is 16.7. The van der Waals surface area contributed by atoms with E-state index in [9.17, 15) is 4.79 Å². The molecule has 2 N–H and O–H groups in total. The predicted octanol–water partition coefficient (Wildman–Crippen LogP) is 2.42. The average molecular weight is 379 g/mol. The lowest BCUT2D eigenvalue weighted by atomic mass is 9.95. The Morgan fingerprint density at radius 3 is 2.96 bits per heavy atom. The predicted molar refractivity (Wildman–Crippen MR) is 107 cm³/mol. The standard InChI is InChI=1S/C21H25N5O2/c1-13-6-5-7-14-17(13)26(4)25-19(14)21(2,3)24-20(27)15-8-9-23-16-12-22-10-11-28-18(15)16/h5-9,22H,10-12H2,1-4H3,(H,24,27). The van der Waals surface area contributed by atoms with Crippen molar-refractivity contribution in [2.24, 2.45) is 7.05 Å². The Hall–Kier alpha value is -2.93. The fourth-order valence-corrected chi connectivity index (χ4v) is 3.79. The van der Waals surface area contributed by atoms with Gasteiger partial charge in [-0.25, -0.2) is 0 Å². The summed E-state index contributed by atoms with van der Waals surface area (Å²) in [6, 6.07) is 7.84. The Morgan fingerprint density at radius 2 is 2.14 bits per heavy atom. The summed E-state index contributed by atoms with van der Waals surface area (Å²) in [5.41, 5.74) is 3.65. The number of aryl methyl sites for hydroxylation is 2. The molecule has 1 aliphatic heterocycles. The molecule has 2 aromatic heterocycles. The van der Waals surface area contributed by atoms with Gasteiger partial charge >= 0.3 is 0 Å². The number of rotatable bonds is 3. The smallest absolute Gasteiger partial charge is 0.255 e. The summed E-state index contributed by atoms with van der Waals surface area (Å²) < 4.78 is 7.68. The van der Waals surface area contributed by atoms with Crippen LogP contribution in [0.15, 0.2) is 30.5 Å². The van der Waals surface area contributed by atoms with Gasteiger partial charge < -0.3 is 15.4 Å². The van der Waals surface area contributed by atoms with Gasteiger partial charge in [-0.05, 0) is 32.4 Å². The van der Waals surface area contributed by atoms with Crippen molar-refractivity contribution >= 4 is 16.8 Å². The van der Waals surface area contributed by atoms with Gasteiger partial charge in [0.15, 0.2) is 5.75 Å². The van der Waals surface area contributed by atoms with E-state index < -0.39 is 5.54 Å². The number of carbonyl (C=O) groups excluding carboxylic acids is 1. The molecule has 7 heteroatoms. The van der Waals surface area contributed by atoms with Crippen LogP contribution < -0.4 is 15.4 Å². The van der Waals surface area contributed by atoms with Gasteiger partial charge in [0.25, 0.3) is 5.91 Å². The lowest BCUT2D eigenvalue weighted by molar-refractivity contribution is 0.0906. The highest BCUT2D eigenvalue weighted by molar-refractivity contribution is 5.98. The number of nitrogens with one attached hydrogen (secondary N) is 2. The van der Waals surface area contributed by atoms with Crippen molar-refractivity contribution in [2.45, 2.75) is 32.9 Å². The summed E-state index contributed by atoms with van der Waals surface area (Å²) in [4.78, 5) is 17.5. The minimum absolute atomic E-state index is 0.197. The molecule has 0 atom stereocenters. The molecule has 0 bridgehead atoms. The summed E-state index contributed by atoms with van der Waals surface area (Å²) in [5.74, 6) is 0.361. The number of aromatic nitrogens is 3. The first-order valence-electron chi connectivity index (χ1n) is 9.45. The van der Waals surface area contributed by atoms with Crippen molar-refractivity contribution in [3.05, 3.63) is 53.0 Å². The third-order valence-corrected chi connectivity index (χ3v) is 5.13. The van der Waals surface area contributed by atoms with Gasteiger partial charge in [0.05, 0.1) is 28.0 Å². The van der Waals surface area contributed by atoms with Crippen LogP contribution in [0.2, 0.25) is 0 Å². The Kier molecular flexibility index (Phi) is 4.55. The van der Waals surface area contributed by atoms with E-state index in [-0.39, 0.29) is 5.91 Å². The number of pyridine rings is 1. The highest BCUT2D eigenvalue weighted by Crippen LogP contribution is 2.30. The molecule has 1 aromatic carbocycles. The van der Waals surface area contributed by atoms with Crippen molar-refractivity contribution in [1.82, 2.24) is 25.4 Å². The van der Waals surface area contributed by atoms with Crippen LogP contribution in [0.5, 0.6) is 5.75 Å². The van der Waals surface area contributed by atoms with Crippen LogP contribution in [0.25, 0.3) is 10.9 Å². The van der Waals surface area contributed by atoms with E-state index in [1.54, 1.807) is 12.3 Å². The molecule has 28 heavy (non-hydrogen) atoms. The number of carbonyl (C=O) groups is 1. The summed E-state index contributed by atoms with van der Waals surface area (Å²) in [6.07, 6.45) is 1.65. The molecule has 0 saturated heterocycles. The first-order chi connectivity index (χ1) is 13.4. The number of amides is 1. The molecule has 0 radical (unpaired) electrons. The number of hydrogen-bond acceptors (Lipinski definition) is 5. The molecule has 0 spiro atoms. The quantitative estimate of drug-likeness (QED) is 0.730. The maximum absolute atomic E-state index is 13.2. The monoisotopic (exact) mass is 379 g/mol. The van der Waals surface area contributed by atoms with E-state index in [1.165, 1.54) is 0 Å². The number of nitrogens with zero attached hydrogens (tertiary/aromatic N) is 3. The number of fused-ring (bicyclic) bond motifs is 2. The lowest BCUT2D eigenvalue weighted by Crippen LogP contribution is -2.41. The van der Waals surface area contributed by atoms with E-state index >= 15 is 0 Å². The molecule has 0 unspecified atom stereocenters. The molecule has 4 rings (SSSR count). The fraction of sp³-hybridized carbons (Fsp3) is 0.381. The van der Waals surface area contributed by atoms with Gasteiger partial charge in [-0.1, -0.05) is 18.2 Å². The van der Waals surface area contributed by atoms with Gasteiger partial charge in [-0.2, -0.15) is 5.10 Å². The zero-order chi connectivity index (χ0) is 19.9. The first-order valence-corrected chi connectivity index (χ1v) is 9.45. The number of ether oxygens (including phenoxy) is 1. The van der Waals surface area contributed by atoms with Crippen LogP contribution in [-0.4, -0.2) is 33.8 Å². The van der Waals surface area contributed by atoms with Crippen LogP contribution in [-0.2, 0) is 19.1 Å². The molecule has 1 amide bonds. The topological polar surface area (TPSA) is 81.1 Å². The second kappa shape index (κ2) is 6.91. The largest absolute Gasteiger partial charge is 0.489 e. The third kappa shape index (κ3) is 3.11. The van der Waals surface area contributed by atoms with Crippen molar-refractivity contribution in [2.75, 3.05) is 13.2 Å². The van der Waals surface area contributed by atoms with Gasteiger partial charge in [0.1, 0.15) is 6.61 Å². The van der Waals surface area contributed by atoms with E-state index in [0.717, 1.165) is 34.4 Å². The van der Waals surface area contributed by atoms with Gasteiger partial charge in [0.2, 0.25) is 0 Å². The maximum Gasteiger partial charge on any atom is 0.255 e. The SMILES string of the molecule is Cc1cccc2c(C(C)(C)NC(=O)c3ccnc4c3OCCNC4)nn(C)c12. The summed E-state index contributed by atoms with van der Waals surface area (Å²) in [6.45, 7) is 7.82. The van der Waals surface area contributed by atoms with Crippen LogP contribution in [0.4, 0.5) is 0 Å². The summed E-state index contributed by atoms with van der Waals surface area (Å²) in [5, 5.41) is 12.1. The van der Waals surface area contributed by atoms with Crippen LogP contribution in [0.3, 0.4) is 0 Å². The molecule has 1 aliphatic rings. The summed E-state index contributed by atoms with van der Waals surface area (Å²) >= 11 is 0. The molecule has 0 aliphatic carbocycles. The fourth-order valence-electron chi connectivity index (χ4n) is 3.79. The minimum atomic E-state index is -0.663. The second-order valence-corrected chi connectivity index (χ2v) is 7.68. The number of hydrogen-bond donors (Lipinski definition) is 2. The zero-order valence-electron chi connectivity index (χ0n) is 16.7. The molecule has 0 fully saturated rings. The number of benzene rings is 1. The molecular weight excluding hydrogens is 354 g/mol. The Bertz CT molecular complexity index is 1050. The molecule has 0 saturated carbocycles. The summed E-state index contributed by atoms with van der Waals surface area (Å²) in [7, 11) is 1.93. The second-order valence-electron chi connectivity index (χ2n) is 7.68. The van der Waals surface area contributed by atoms with Crippen LogP contribution >= 0.6 is 0 Å². The van der Waals surface area contributed by atoms with E-state index in [0.29, 0.717) is 24.5 Å². The maximum atomic E-state index is 13.2. The van der Waals surface area contributed by atoms with Crippen molar-refractivity contribution < 1.29 is 9.53 Å². The first kappa shape index (κ1) is 18.4. The molecule has 146 valence electrons. The van der Waals surface area contributed by atoms with Crippen LogP contribution in [0.1, 0.15) is 41.2 Å². The van der Waals surface area contributed by atoms with Crippen LogP contribution in [0, 0.1) is 6.92 Å². The van der Waals surface area contributed by atoms with Crippen molar-refractivity contribution in [3.63, 3.8) is 0 Å². The van der Waals surface area contributed by atoms with Gasteiger partial charge in [0, 0.05) is 31.7 Å². The molecule has 3 aromatic rings. The highest BCUT2D eigenvalue weighted by Gasteiger charge is 2.31. The Labute approximate surface area is 164 Å². The molecule has 3 heterocycles. The third-order valence-electron chi connectivity index (χ3n) is 5.13. The Balaban J connectivity index is 1.70. The Morgan fingerprint density at radius 1 is 1.32 bits per heavy atom. The normalized spacial score (nSPS) is 14.3. The van der Waals surface area contributed by atoms with Crippen molar-refractivity contribution in [1.29, 1.82) is 0 Å². The van der Waals surface area contributed by atoms with Gasteiger partial charge in [-0.15, -0.1) is 0 Å². The minimum Gasteiger partial charge on any atom is -0.489 e. The highest BCUT2D eigenvalue weighted by atomic mass is 16.5. The lowest BCUT2D eigenvalue weighted by Gasteiger charge is -2.25. The molecular formula is C21H25N5O2. The average Bonchev–Trinajstić information content (AvgIpc) is 2.85. The van der Waals surface area contributed by atoms with Crippen molar-refractivity contribution in [3.8, 4) is 5.75 Å². The van der Waals surface area contributed by atoms with E-state index in [4.69, 9.17) is 9.84 Å². The van der Waals surface area contributed by atoms with E-state index in [2.05, 4.69) is 28.6 Å². The van der Waals surface area contributed by atoms with E-state index in [1.807, 2.05) is 37.7 Å². The molecule has 7 nitrogen and oxygen atoms in total.